The fraction of sp³-hybridized carbons (Fsp3) is 0.200. The molecular weight excluding hydrogens is 385 g/mol. The Bertz CT molecular complexity index is 914. The zero-order valence-electron chi connectivity index (χ0n) is 14.9. The highest BCUT2D eigenvalue weighted by molar-refractivity contribution is 8.26. The fourth-order valence-electron chi connectivity index (χ4n) is 2.58. The van der Waals surface area contributed by atoms with Crippen molar-refractivity contribution in [2.45, 2.75) is 13.5 Å². The van der Waals surface area contributed by atoms with Gasteiger partial charge in [-0.2, -0.15) is 0 Å². The lowest BCUT2D eigenvalue weighted by Gasteiger charge is -2.12. The van der Waals surface area contributed by atoms with Gasteiger partial charge in [0.15, 0.2) is 0 Å². The van der Waals surface area contributed by atoms with Crippen molar-refractivity contribution in [3.05, 3.63) is 64.3 Å². The number of methoxy groups -OCH3 is 1. The molecule has 0 spiro atoms. The summed E-state index contributed by atoms with van der Waals surface area (Å²) in [4.78, 5) is 14.5. The Labute approximate surface area is 167 Å². The first-order valence-electron chi connectivity index (χ1n) is 8.33. The Morgan fingerprint density at radius 3 is 2.70 bits per heavy atom. The van der Waals surface area contributed by atoms with Gasteiger partial charge in [-0.15, -0.1) is 0 Å². The number of amides is 1. The maximum atomic E-state index is 13.8. The first kappa shape index (κ1) is 19.4. The van der Waals surface area contributed by atoms with Crippen LogP contribution in [0.3, 0.4) is 0 Å². The Balaban J connectivity index is 1.90. The van der Waals surface area contributed by atoms with Crippen LogP contribution < -0.4 is 9.47 Å². The van der Waals surface area contributed by atoms with E-state index in [1.165, 1.54) is 17.8 Å². The number of thiocarbonyl (C=S) groups is 1. The summed E-state index contributed by atoms with van der Waals surface area (Å²) >= 11 is 6.50. The molecular formula is C20H18FNO3S2. The lowest BCUT2D eigenvalue weighted by Crippen LogP contribution is -2.27. The minimum absolute atomic E-state index is 0.0791. The van der Waals surface area contributed by atoms with Crippen molar-refractivity contribution in [2.75, 3.05) is 13.7 Å². The van der Waals surface area contributed by atoms with Crippen LogP contribution in [0.2, 0.25) is 0 Å². The average molecular weight is 404 g/mol. The Hall–Kier alpha value is -2.38. The van der Waals surface area contributed by atoms with E-state index in [0.29, 0.717) is 38.4 Å². The average Bonchev–Trinajstić information content (AvgIpc) is 2.94. The number of carbonyl (C=O) groups excluding carboxylic acids is 1. The summed E-state index contributed by atoms with van der Waals surface area (Å²) < 4.78 is 25.5. The second kappa shape index (κ2) is 8.54. The number of ether oxygens (including phenoxy) is 2. The van der Waals surface area contributed by atoms with Gasteiger partial charge in [0.1, 0.15) is 28.2 Å². The molecule has 0 unspecified atom stereocenters. The Kier molecular flexibility index (Phi) is 6.13. The minimum Gasteiger partial charge on any atom is -0.497 e. The van der Waals surface area contributed by atoms with Crippen LogP contribution in [0.1, 0.15) is 18.1 Å². The zero-order chi connectivity index (χ0) is 19.4. The summed E-state index contributed by atoms with van der Waals surface area (Å²) in [6.07, 6.45) is 1.73. The van der Waals surface area contributed by atoms with Crippen LogP contribution in [0, 0.1) is 5.82 Å². The first-order chi connectivity index (χ1) is 13.0. The van der Waals surface area contributed by atoms with Crippen LogP contribution in [-0.4, -0.2) is 28.8 Å². The van der Waals surface area contributed by atoms with Crippen molar-refractivity contribution in [1.29, 1.82) is 0 Å². The van der Waals surface area contributed by atoms with Crippen molar-refractivity contribution in [1.82, 2.24) is 4.90 Å². The molecule has 1 aliphatic rings. The highest BCUT2D eigenvalue weighted by Crippen LogP contribution is 2.35. The van der Waals surface area contributed by atoms with Gasteiger partial charge in [0.05, 0.1) is 12.0 Å². The van der Waals surface area contributed by atoms with Crippen LogP contribution in [0.25, 0.3) is 6.08 Å². The van der Waals surface area contributed by atoms with Crippen molar-refractivity contribution >= 4 is 40.3 Å². The zero-order valence-corrected chi connectivity index (χ0v) is 16.5. The number of carbonyl (C=O) groups is 1. The minimum atomic E-state index is -0.323. The van der Waals surface area contributed by atoms with Gasteiger partial charge >= 0.3 is 0 Å². The van der Waals surface area contributed by atoms with Gasteiger partial charge < -0.3 is 9.47 Å². The molecule has 0 N–H and O–H groups in total. The van der Waals surface area contributed by atoms with Crippen LogP contribution in [-0.2, 0) is 11.4 Å². The maximum Gasteiger partial charge on any atom is 0.266 e. The molecule has 1 heterocycles. The molecule has 1 amide bonds. The van der Waals surface area contributed by atoms with Crippen molar-refractivity contribution in [3.63, 3.8) is 0 Å². The molecule has 1 saturated heterocycles. The second-order valence-electron chi connectivity index (χ2n) is 5.71. The molecule has 0 aliphatic carbocycles. The van der Waals surface area contributed by atoms with Crippen molar-refractivity contribution in [2.24, 2.45) is 0 Å². The third kappa shape index (κ3) is 4.31. The number of hydrogen-bond donors (Lipinski definition) is 0. The second-order valence-corrected chi connectivity index (χ2v) is 7.39. The lowest BCUT2D eigenvalue weighted by molar-refractivity contribution is -0.121. The smallest absolute Gasteiger partial charge is 0.266 e. The van der Waals surface area contributed by atoms with E-state index in [0.717, 1.165) is 0 Å². The lowest BCUT2D eigenvalue weighted by atomic mass is 10.1. The van der Waals surface area contributed by atoms with Crippen LogP contribution in [0.15, 0.2) is 47.4 Å². The van der Waals surface area contributed by atoms with E-state index in [1.54, 1.807) is 54.5 Å². The topological polar surface area (TPSA) is 38.8 Å². The number of rotatable bonds is 6. The monoisotopic (exact) mass is 403 g/mol. The van der Waals surface area contributed by atoms with Gasteiger partial charge in [-0.3, -0.25) is 9.69 Å². The number of hydrogen-bond acceptors (Lipinski definition) is 5. The number of likely N-dealkylation sites (N-methyl/N-ethyl adjacent to an activating group) is 1. The normalized spacial score (nSPS) is 15.5. The summed E-state index contributed by atoms with van der Waals surface area (Å²) in [5.74, 6) is 0.707. The SMILES string of the molecule is CCN1C(=O)C(=Cc2cc(OC)ccc2OCc2ccccc2F)SC1=S. The van der Waals surface area contributed by atoms with E-state index in [4.69, 9.17) is 21.7 Å². The highest BCUT2D eigenvalue weighted by Gasteiger charge is 2.30. The number of benzene rings is 2. The molecule has 3 rings (SSSR count). The highest BCUT2D eigenvalue weighted by atomic mass is 32.2. The number of nitrogens with zero attached hydrogens (tertiary/aromatic N) is 1. The molecule has 0 radical (unpaired) electrons. The predicted octanol–water partition coefficient (Wildman–Crippen LogP) is 4.63. The maximum absolute atomic E-state index is 13.8. The van der Waals surface area contributed by atoms with E-state index in [1.807, 2.05) is 6.92 Å². The molecule has 140 valence electrons. The van der Waals surface area contributed by atoms with E-state index in [9.17, 15) is 9.18 Å². The summed E-state index contributed by atoms with van der Waals surface area (Å²) in [6.45, 7) is 2.48. The molecule has 27 heavy (non-hydrogen) atoms. The van der Waals surface area contributed by atoms with E-state index in [2.05, 4.69) is 0 Å². The summed E-state index contributed by atoms with van der Waals surface area (Å²) in [5.41, 5.74) is 1.12. The van der Waals surface area contributed by atoms with Gasteiger partial charge in [-0.1, -0.05) is 42.2 Å². The molecule has 0 bridgehead atoms. The summed E-state index contributed by atoms with van der Waals surface area (Å²) in [7, 11) is 1.57. The Morgan fingerprint density at radius 1 is 1.26 bits per heavy atom. The largest absolute Gasteiger partial charge is 0.497 e. The summed E-state index contributed by atoms with van der Waals surface area (Å²) in [5, 5.41) is 0. The van der Waals surface area contributed by atoms with Crippen LogP contribution in [0.4, 0.5) is 4.39 Å². The summed E-state index contributed by atoms with van der Waals surface area (Å²) in [6, 6.07) is 11.7. The molecule has 1 aliphatic heterocycles. The Morgan fingerprint density at radius 2 is 2.04 bits per heavy atom. The molecule has 4 nitrogen and oxygen atoms in total. The van der Waals surface area contributed by atoms with Gasteiger partial charge in [0.25, 0.3) is 5.91 Å². The molecule has 0 saturated carbocycles. The van der Waals surface area contributed by atoms with E-state index < -0.39 is 0 Å². The number of halogens is 1. The quantitative estimate of drug-likeness (QED) is 0.519. The fourth-order valence-corrected chi connectivity index (χ4v) is 3.96. The van der Waals surface area contributed by atoms with Crippen molar-refractivity contribution < 1.29 is 18.7 Å². The molecule has 7 heteroatoms. The van der Waals surface area contributed by atoms with Gasteiger partial charge in [0, 0.05) is 17.7 Å². The van der Waals surface area contributed by atoms with Crippen LogP contribution in [0.5, 0.6) is 11.5 Å². The third-order valence-corrected chi connectivity index (χ3v) is 5.41. The third-order valence-electron chi connectivity index (χ3n) is 4.03. The van der Waals surface area contributed by atoms with E-state index >= 15 is 0 Å². The molecule has 1 fully saturated rings. The van der Waals surface area contributed by atoms with Gasteiger partial charge in [-0.25, -0.2) is 4.39 Å². The van der Waals surface area contributed by atoms with Crippen LogP contribution >= 0.6 is 24.0 Å². The predicted molar refractivity (Wildman–Crippen MR) is 109 cm³/mol. The van der Waals surface area contributed by atoms with E-state index in [-0.39, 0.29) is 18.3 Å². The molecule has 0 aromatic heterocycles. The standard InChI is InChI=1S/C20H18FNO3S2/c1-3-22-19(23)18(27-20(22)26)11-14-10-15(24-2)8-9-17(14)25-12-13-6-4-5-7-16(13)21/h4-11H,3,12H2,1-2H3. The molecule has 2 aromatic rings. The molecule has 0 atom stereocenters. The van der Waals surface area contributed by atoms with Gasteiger partial charge in [0.2, 0.25) is 0 Å². The van der Waals surface area contributed by atoms with Crippen molar-refractivity contribution in [3.8, 4) is 11.5 Å². The molecule has 2 aromatic carbocycles. The first-order valence-corrected chi connectivity index (χ1v) is 9.55. The van der Waals surface area contributed by atoms with Gasteiger partial charge in [-0.05, 0) is 37.3 Å². The number of thioether (sulfide) groups is 1.